The highest BCUT2D eigenvalue weighted by atomic mass is 35.5. The molecule has 0 spiro atoms. The van der Waals surface area contributed by atoms with Gasteiger partial charge in [0.15, 0.2) is 0 Å². The van der Waals surface area contributed by atoms with Crippen LogP contribution in [0.4, 0.5) is 0 Å². The van der Waals surface area contributed by atoms with Crippen LogP contribution < -0.4 is 0 Å². The number of aliphatic hydroxyl groups is 1. The van der Waals surface area contributed by atoms with Crippen molar-refractivity contribution in [2.24, 2.45) is 0 Å². The normalized spacial score (nSPS) is 13.0. The fourth-order valence-corrected chi connectivity index (χ4v) is 0.318. The van der Waals surface area contributed by atoms with Crippen molar-refractivity contribution in [3.05, 3.63) is 12.3 Å². The SMILES string of the molecule is C=C(C)OC(O)Cl. The summed E-state index contributed by atoms with van der Waals surface area (Å²) in [7, 11) is 0. The largest absolute Gasteiger partial charge is 0.456 e. The van der Waals surface area contributed by atoms with E-state index in [1.54, 1.807) is 6.92 Å². The Balaban J connectivity index is 3.13. The molecular weight excluding hydrogens is 115 g/mol. The molecule has 1 unspecified atom stereocenters. The quantitative estimate of drug-likeness (QED) is 0.337. The molecule has 42 valence electrons. The van der Waals surface area contributed by atoms with Crippen LogP contribution in [0.25, 0.3) is 0 Å². The van der Waals surface area contributed by atoms with Crippen molar-refractivity contribution >= 4 is 11.6 Å². The first-order valence-corrected chi connectivity index (χ1v) is 2.21. The van der Waals surface area contributed by atoms with Gasteiger partial charge in [0.05, 0.1) is 5.76 Å². The summed E-state index contributed by atoms with van der Waals surface area (Å²) in [5.41, 5.74) is 0. The van der Waals surface area contributed by atoms with E-state index in [-0.39, 0.29) is 0 Å². The van der Waals surface area contributed by atoms with Gasteiger partial charge in [-0.15, -0.1) is 0 Å². The molecule has 2 nitrogen and oxygen atoms in total. The van der Waals surface area contributed by atoms with Crippen LogP contribution in [-0.4, -0.2) is 10.9 Å². The zero-order chi connectivity index (χ0) is 5.86. The van der Waals surface area contributed by atoms with Crippen LogP contribution >= 0.6 is 11.6 Å². The number of hydrogen-bond donors (Lipinski definition) is 1. The Bertz CT molecular complexity index is 70.1. The average Bonchev–Trinajstić information content (AvgIpc) is 1.27. The fraction of sp³-hybridized carbons (Fsp3) is 0.500. The van der Waals surface area contributed by atoms with E-state index in [0.29, 0.717) is 5.76 Å². The van der Waals surface area contributed by atoms with Gasteiger partial charge in [-0.3, -0.25) is 0 Å². The van der Waals surface area contributed by atoms with Crippen LogP contribution in [-0.2, 0) is 4.74 Å². The number of aliphatic hydroxyl groups excluding tert-OH is 1. The maximum atomic E-state index is 8.21. The summed E-state index contributed by atoms with van der Waals surface area (Å²) in [6, 6.07) is 0. The van der Waals surface area contributed by atoms with Gasteiger partial charge in [0.2, 0.25) is 0 Å². The average molecular weight is 123 g/mol. The summed E-state index contributed by atoms with van der Waals surface area (Å²) < 4.78 is 4.38. The molecule has 3 heteroatoms. The lowest BCUT2D eigenvalue weighted by Gasteiger charge is -2.02. The molecule has 0 aromatic heterocycles. The summed E-state index contributed by atoms with van der Waals surface area (Å²) in [5.74, 6) is -0.847. The zero-order valence-electron chi connectivity index (χ0n) is 4.02. The maximum Gasteiger partial charge on any atom is 0.276 e. The standard InChI is InChI=1S/C4H7ClO2/c1-3(2)7-4(5)6/h4,6H,1H2,2H3. The molecule has 0 aliphatic heterocycles. The van der Waals surface area contributed by atoms with Crippen molar-refractivity contribution in [1.82, 2.24) is 0 Å². The van der Waals surface area contributed by atoms with Gasteiger partial charge < -0.3 is 9.84 Å². The Kier molecular flexibility index (Phi) is 2.79. The van der Waals surface area contributed by atoms with Crippen molar-refractivity contribution in [3.63, 3.8) is 0 Å². The van der Waals surface area contributed by atoms with Crippen molar-refractivity contribution < 1.29 is 9.84 Å². The van der Waals surface area contributed by atoms with E-state index in [4.69, 9.17) is 16.7 Å². The van der Waals surface area contributed by atoms with Crippen LogP contribution in [0.2, 0.25) is 0 Å². The summed E-state index contributed by atoms with van der Waals surface area (Å²) in [6.45, 7) is 4.93. The van der Waals surface area contributed by atoms with Crippen molar-refractivity contribution in [1.29, 1.82) is 0 Å². The van der Waals surface area contributed by atoms with Gasteiger partial charge in [-0.1, -0.05) is 6.58 Å². The molecular formula is C4H7ClO2. The third kappa shape index (κ3) is 5.79. The van der Waals surface area contributed by atoms with Crippen LogP contribution in [0.5, 0.6) is 0 Å². The molecule has 0 radical (unpaired) electrons. The molecule has 0 aliphatic rings. The second-order valence-electron chi connectivity index (χ2n) is 1.11. The molecule has 0 fully saturated rings. The Labute approximate surface area is 47.4 Å². The van der Waals surface area contributed by atoms with Crippen LogP contribution in [0.1, 0.15) is 6.92 Å². The van der Waals surface area contributed by atoms with Crippen molar-refractivity contribution in [2.45, 2.75) is 12.7 Å². The molecule has 1 atom stereocenters. The zero-order valence-corrected chi connectivity index (χ0v) is 4.77. The number of halogens is 1. The molecule has 0 aromatic carbocycles. The minimum absolute atomic E-state index is 0.405. The number of ether oxygens (including phenoxy) is 1. The highest BCUT2D eigenvalue weighted by molar-refractivity contribution is 6.18. The van der Waals surface area contributed by atoms with E-state index in [9.17, 15) is 0 Å². The molecule has 0 saturated heterocycles. The highest BCUT2D eigenvalue weighted by Gasteiger charge is 1.92. The van der Waals surface area contributed by atoms with Crippen molar-refractivity contribution in [3.8, 4) is 0 Å². The van der Waals surface area contributed by atoms with Gasteiger partial charge in [-0.25, -0.2) is 0 Å². The molecule has 0 saturated carbocycles. The summed E-state index contributed by atoms with van der Waals surface area (Å²) in [4.78, 5) is 0. The van der Waals surface area contributed by atoms with Crippen LogP contribution in [0.3, 0.4) is 0 Å². The van der Waals surface area contributed by atoms with Gasteiger partial charge in [0.1, 0.15) is 0 Å². The van der Waals surface area contributed by atoms with Crippen LogP contribution in [0, 0.1) is 0 Å². The monoisotopic (exact) mass is 122 g/mol. The van der Waals surface area contributed by atoms with E-state index < -0.39 is 5.75 Å². The molecule has 7 heavy (non-hydrogen) atoms. The molecule has 0 aromatic rings. The minimum atomic E-state index is -1.25. The van der Waals surface area contributed by atoms with E-state index in [0.717, 1.165) is 0 Å². The van der Waals surface area contributed by atoms with Gasteiger partial charge in [0.25, 0.3) is 5.75 Å². The second kappa shape index (κ2) is 2.88. The molecule has 0 aliphatic carbocycles. The third-order valence-electron chi connectivity index (χ3n) is 0.298. The van der Waals surface area contributed by atoms with E-state index in [1.807, 2.05) is 0 Å². The van der Waals surface area contributed by atoms with Gasteiger partial charge >= 0.3 is 0 Å². The van der Waals surface area contributed by atoms with Crippen LogP contribution in [0.15, 0.2) is 12.3 Å². The predicted molar refractivity (Wildman–Crippen MR) is 27.8 cm³/mol. The lowest BCUT2D eigenvalue weighted by Crippen LogP contribution is -1.99. The van der Waals surface area contributed by atoms with Gasteiger partial charge in [-0.2, -0.15) is 0 Å². The number of allylic oxidation sites excluding steroid dienone is 1. The van der Waals surface area contributed by atoms with E-state index in [2.05, 4.69) is 11.3 Å². The first-order valence-electron chi connectivity index (χ1n) is 1.77. The van der Waals surface area contributed by atoms with Crippen molar-refractivity contribution in [2.75, 3.05) is 0 Å². The number of rotatable bonds is 2. The summed E-state index contributed by atoms with van der Waals surface area (Å²) in [5, 5.41) is 8.21. The molecule has 0 bridgehead atoms. The first kappa shape index (κ1) is 6.79. The lowest BCUT2D eigenvalue weighted by atomic mass is 10.7. The summed E-state index contributed by atoms with van der Waals surface area (Å²) in [6.07, 6.45) is 0. The Morgan fingerprint density at radius 3 is 2.43 bits per heavy atom. The number of alkyl halides is 1. The van der Waals surface area contributed by atoms with Gasteiger partial charge in [0, 0.05) is 0 Å². The maximum absolute atomic E-state index is 8.21. The smallest absolute Gasteiger partial charge is 0.276 e. The Morgan fingerprint density at radius 1 is 2.00 bits per heavy atom. The van der Waals surface area contributed by atoms with E-state index in [1.165, 1.54) is 0 Å². The fourth-order valence-electron chi connectivity index (χ4n) is 0.166. The molecule has 1 N–H and O–H groups in total. The summed E-state index contributed by atoms with van der Waals surface area (Å²) >= 11 is 4.95. The lowest BCUT2D eigenvalue weighted by molar-refractivity contribution is 0.00328. The topological polar surface area (TPSA) is 29.5 Å². The number of hydrogen-bond acceptors (Lipinski definition) is 2. The molecule has 0 rings (SSSR count). The first-order chi connectivity index (χ1) is 3.13. The van der Waals surface area contributed by atoms with E-state index >= 15 is 0 Å². The highest BCUT2D eigenvalue weighted by Crippen LogP contribution is 1.98. The minimum Gasteiger partial charge on any atom is -0.456 e. The van der Waals surface area contributed by atoms with Gasteiger partial charge in [-0.05, 0) is 18.5 Å². The Hall–Kier alpha value is -0.210. The second-order valence-corrected chi connectivity index (χ2v) is 1.49. The molecule has 0 amide bonds. The predicted octanol–water partition coefficient (Wildman–Crippen LogP) is 1.05. The Morgan fingerprint density at radius 2 is 2.43 bits per heavy atom. The molecule has 0 heterocycles. The third-order valence-corrected chi connectivity index (χ3v) is 0.388.